The Morgan fingerprint density at radius 2 is 2.22 bits per heavy atom. The number of piperidine rings is 1. The maximum atomic E-state index is 12.3. The summed E-state index contributed by atoms with van der Waals surface area (Å²) in [6, 6.07) is 7.38. The van der Waals surface area contributed by atoms with E-state index >= 15 is 0 Å². The zero-order valence-corrected chi connectivity index (χ0v) is 17.0. The van der Waals surface area contributed by atoms with Crippen molar-refractivity contribution in [2.45, 2.75) is 45.3 Å². The quantitative estimate of drug-likeness (QED) is 0.365. The van der Waals surface area contributed by atoms with Crippen LogP contribution in [0, 0.1) is 11.5 Å². The van der Waals surface area contributed by atoms with Gasteiger partial charge in [-0.05, 0) is 52.0 Å². The first-order valence-electron chi connectivity index (χ1n) is 8.83. The van der Waals surface area contributed by atoms with Gasteiger partial charge in [-0.25, -0.2) is 9.79 Å². The van der Waals surface area contributed by atoms with Crippen molar-refractivity contribution >= 4 is 28.7 Å². The molecule has 1 saturated heterocycles. The standard InChI is InChI=1S/C19H26N4O3S/c1-19(2,3)26-18(24)23-10-6-9-16(12-23)25-15-8-5-7-14(11-15)22-17(27-4)21-13-20/h5,7-8,11,16H,6,9-10,12H2,1-4H3,(H,21,22). The number of likely N-dealkylation sites (tertiary alicyclic amines) is 1. The molecule has 2 rings (SSSR count). The molecule has 27 heavy (non-hydrogen) atoms. The van der Waals surface area contributed by atoms with Crippen LogP contribution in [0.3, 0.4) is 0 Å². The van der Waals surface area contributed by atoms with Crippen molar-refractivity contribution in [3.63, 3.8) is 0 Å². The summed E-state index contributed by atoms with van der Waals surface area (Å²) in [5.41, 5.74) is 0.184. The van der Waals surface area contributed by atoms with E-state index in [1.165, 1.54) is 11.8 Å². The van der Waals surface area contributed by atoms with Crippen LogP contribution in [0.4, 0.5) is 10.5 Å². The molecule has 1 amide bonds. The predicted molar refractivity (Wildman–Crippen MR) is 107 cm³/mol. The largest absolute Gasteiger partial charge is 0.489 e. The zero-order chi connectivity index (χ0) is 19.9. The van der Waals surface area contributed by atoms with Crippen LogP contribution in [0.15, 0.2) is 29.3 Å². The molecule has 0 aliphatic carbocycles. The summed E-state index contributed by atoms with van der Waals surface area (Å²) in [7, 11) is 0. The lowest BCUT2D eigenvalue weighted by molar-refractivity contribution is 0.00776. The lowest BCUT2D eigenvalue weighted by Crippen LogP contribution is -2.46. The number of amides is 1. The van der Waals surface area contributed by atoms with Crippen molar-refractivity contribution in [1.82, 2.24) is 10.2 Å². The number of nitriles is 1. The fraction of sp³-hybridized carbons (Fsp3) is 0.526. The maximum Gasteiger partial charge on any atom is 0.410 e. The topological polar surface area (TPSA) is 86.9 Å². The molecule has 1 aromatic rings. The summed E-state index contributed by atoms with van der Waals surface area (Å²) in [6.45, 7) is 6.75. The van der Waals surface area contributed by atoms with Gasteiger partial charge in [0.15, 0.2) is 11.4 Å². The predicted octanol–water partition coefficient (Wildman–Crippen LogP) is 3.89. The summed E-state index contributed by atoms with van der Waals surface area (Å²) >= 11 is 1.36. The van der Waals surface area contributed by atoms with Crippen LogP contribution in [0.25, 0.3) is 0 Å². The number of nitrogens with one attached hydrogen (secondary N) is 1. The van der Waals surface area contributed by atoms with Gasteiger partial charge in [0.1, 0.15) is 17.5 Å². The van der Waals surface area contributed by atoms with Crippen molar-refractivity contribution in [3.05, 3.63) is 24.3 Å². The van der Waals surface area contributed by atoms with E-state index in [9.17, 15) is 4.79 Å². The maximum absolute atomic E-state index is 12.3. The summed E-state index contributed by atoms with van der Waals surface area (Å²) in [5, 5.41) is 11.8. The molecule has 1 N–H and O–H groups in total. The van der Waals surface area contributed by atoms with E-state index in [-0.39, 0.29) is 12.2 Å². The second-order valence-corrected chi connectivity index (χ2v) is 7.96. The van der Waals surface area contributed by atoms with Crippen LogP contribution in [0.1, 0.15) is 33.6 Å². The number of hydrogen-bond donors (Lipinski definition) is 1. The van der Waals surface area contributed by atoms with Crippen LogP contribution in [0.2, 0.25) is 0 Å². The Morgan fingerprint density at radius 1 is 1.44 bits per heavy atom. The highest BCUT2D eigenvalue weighted by molar-refractivity contribution is 8.13. The van der Waals surface area contributed by atoms with Gasteiger partial charge in [-0.15, -0.1) is 0 Å². The highest BCUT2D eigenvalue weighted by Crippen LogP contribution is 2.24. The molecular weight excluding hydrogens is 364 g/mol. The summed E-state index contributed by atoms with van der Waals surface area (Å²) < 4.78 is 11.5. The first-order chi connectivity index (χ1) is 12.8. The minimum atomic E-state index is -0.510. The number of rotatable bonds is 3. The Bertz CT molecular complexity index is 724. The minimum Gasteiger partial charge on any atom is -0.489 e. The third-order valence-corrected chi connectivity index (χ3v) is 4.32. The van der Waals surface area contributed by atoms with Crippen molar-refractivity contribution in [2.75, 3.05) is 19.3 Å². The average molecular weight is 391 g/mol. The van der Waals surface area contributed by atoms with Gasteiger partial charge < -0.3 is 14.4 Å². The van der Waals surface area contributed by atoms with Gasteiger partial charge in [0.05, 0.1) is 12.2 Å². The van der Waals surface area contributed by atoms with E-state index in [0.29, 0.717) is 29.7 Å². The highest BCUT2D eigenvalue weighted by Gasteiger charge is 2.28. The molecule has 1 heterocycles. The van der Waals surface area contributed by atoms with Crippen LogP contribution in [-0.2, 0) is 4.74 Å². The van der Waals surface area contributed by atoms with Gasteiger partial charge in [-0.3, -0.25) is 5.32 Å². The number of thioether (sulfide) groups is 1. The van der Waals surface area contributed by atoms with Crippen molar-refractivity contribution < 1.29 is 14.3 Å². The number of aliphatic imine (C=N–C) groups is 1. The SMILES string of the molecule is CSC(=Nc1cccc(OC2CCCN(C(=O)OC(C)(C)C)C2)c1)NC#N. The number of carbonyl (C=O) groups excluding carboxylic acids is 1. The van der Waals surface area contributed by atoms with E-state index in [0.717, 1.165) is 12.8 Å². The summed E-state index contributed by atoms with van der Waals surface area (Å²) in [5.74, 6) is 0.685. The second kappa shape index (κ2) is 9.51. The lowest BCUT2D eigenvalue weighted by Gasteiger charge is -2.34. The molecule has 7 nitrogen and oxygen atoms in total. The summed E-state index contributed by atoms with van der Waals surface area (Å²) in [6.07, 6.45) is 5.05. The molecule has 0 radical (unpaired) electrons. The number of nitrogens with zero attached hydrogens (tertiary/aromatic N) is 3. The highest BCUT2D eigenvalue weighted by atomic mass is 32.2. The van der Waals surface area contributed by atoms with E-state index < -0.39 is 5.60 Å². The van der Waals surface area contributed by atoms with Crippen molar-refractivity contribution in [2.24, 2.45) is 4.99 Å². The van der Waals surface area contributed by atoms with Gasteiger partial charge in [0, 0.05) is 12.6 Å². The smallest absolute Gasteiger partial charge is 0.410 e. The number of amidine groups is 1. The van der Waals surface area contributed by atoms with E-state index in [4.69, 9.17) is 14.7 Å². The van der Waals surface area contributed by atoms with Crippen molar-refractivity contribution in [3.8, 4) is 11.9 Å². The van der Waals surface area contributed by atoms with Gasteiger partial charge >= 0.3 is 6.09 Å². The Morgan fingerprint density at radius 3 is 2.89 bits per heavy atom. The van der Waals surface area contributed by atoms with Crippen LogP contribution < -0.4 is 10.1 Å². The molecular formula is C19H26N4O3S. The van der Waals surface area contributed by atoms with E-state index in [1.54, 1.807) is 4.90 Å². The Labute approximate surface area is 164 Å². The monoisotopic (exact) mass is 390 g/mol. The normalized spacial score (nSPS) is 17.8. The Kier molecular flexibility index (Phi) is 7.36. The molecule has 0 saturated carbocycles. The molecule has 0 spiro atoms. The van der Waals surface area contributed by atoms with Gasteiger partial charge in [0.2, 0.25) is 0 Å². The Hall–Kier alpha value is -2.40. The number of benzene rings is 1. The lowest BCUT2D eigenvalue weighted by atomic mass is 10.1. The van der Waals surface area contributed by atoms with Gasteiger partial charge in [0.25, 0.3) is 0 Å². The van der Waals surface area contributed by atoms with Crippen LogP contribution in [-0.4, -0.2) is 47.2 Å². The molecule has 1 unspecified atom stereocenters. The van der Waals surface area contributed by atoms with E-state index in [1.807, 2.05) is 57.5 Å². The molecule has 1 fully saturated rings. The molecule has 146 valence electrons. The molecule has 1 atom stereocenters. The molecule has 0 bridgehead atoms. The average Bonchev–Trinajstić information content (AvgIpc) is 2.60. The minimum absolute atomic E-state index is 0.0947. The first-order valence-corrected chi connectivity index (χ1v) is 10.1. The third-order valence-electron chi connectivity index (χ3n) is 3.74. The van der Waals surface area contributed by atoms with Crippen molar-refractivity contribution in [1.29, 1.82) is 5.26 Å². The fourth-order valence-corrected chi connectivity index (χ4v) is 2.98. The van der Waals surface area contributed by atoms with Crippen LogP contribution in [0.5, 0.6) is 5.75 Å². The number of hydrogen-bond acceptors (Lipinski definition) is 6. The van der Waals surface area contributed by atoms with Gasteiger partial charge in [-0.2, -0.15) is 5.26 Å². The molecule has 1 aromatic carbocycles. The van der Waals surface area contributed by atoms with Crippen LogP contribution >= 0.6 is 11.8 Å². The number of carbonyl (C=O) groups is 1. The first kappa shape index (κ1) is 20.9. The third kappa shape index (κ3) is 7.02. The summed E-state index contributed by atoms with van der Waals surface area (Å²) in [4.78, 5) is 18.4. The molecule has 1 aliphatic rings. The molecule has 1 aliphatic heterocycles. The second-order valence-electron chi connectivity index (χ2n) is 7.16. The number of ether oxygens (including phenoxy) is 2. The zero-order valence-electron chi connectivity index (χ0n) is 16.2. The Balaban J connectivity index is 2.01. The molecule has 0 aromatic heterocycles. The van der Waals surface area contributed by atoms with E-state index in [2.05, 4.69) is 10.3 Å². The molecule has 8 heteroatoms. The van der Waals surface area contributed by atoms with Gasteiger partial charge in [-0.1, -0.05) is 17.8 Å². The fourth-order valence-electron chi connectivity index (χ4n) is 2.64.